The van der Waals surface area contributed by atoms with E-state index in [1.165, 1.54) is 101 Å². The zero-order valence-corrected chi connectivity index (χ0v) is 23.7. The van der Waals surface area contributed by atoms with Crippen molar-refractivity contribution in [1.29, 1.82) is 0 Å². The smallest absolute Gasteiger partial charge is 0.191 e. The van der Waals surface area contributed by atoms with Gasteiger partial charge < -0.3 is 4.74 Å². The first-order valence-electron chi connectivity index (χ1n) is 15.2. The third-order valence-corrected chi connectivity index (χ3v) is 8.47. The predicted molar refractivity (Wildman–Crippen MR) is 153 cm³/mol. The Morgan fingerprint density at radius 3 is 2.03 bits per heavy atom. The van der Waals surface area contributed by atoms with E-state index >= 15 is 0 Å². The molecule has 0 aromatic heterocycles. The van der Waals surface area contributed by atoms with Gasteiger partial charge in [0.05, 0.1) is 6.10 Å². The van der Waals surface area contributed by atoms with Crippen LogP contribution in [0.2, 0.25) is 0 Å². The number of unbranched alkanes of at least 4 members (excludes halogenated alkanes) is 5. The molecule has 206 valence electrons. The summed E-state index contributed by atoms with van der Waals surface area (Å²) in [5, 5.41) is 0. The van der Waals surface area contributed by atoms with Crippen LogP contribution in [0.4, 0.5) is 8.78 Å². The summed E-state index contributed by atoms with van der Waals surface area (Å²) in [5.74, 6) is -1.50. The summed E-state index contributed by atoms with van der Waals surface area (Å²) in [6.45, 7) is 6.35. The summed E-state index contributed by atoms with van der Waals surface area (Å²) >= 11 is 0. The molecule has 37 heavy (non-hydrogen) atoms. The van der Waals surface area contributed by atoms with Crippen LogP contribution in [0, 0.1) is 17.0 Å². The lowest BCUT2D eigenvalue weighted by Gasteiger charge is -2.38. The van der Waals surface area contributed by atoms with Crippen LogP contribution in [0.15, 0.2) is 36.4 Å². The zero-order valence-electron chi connectivity index (χ0n) is 23.7. The van der Waals surface area contributed by atoms with Gasteiger partial charge in [0.1, 0.15) is 0 Å². The molecular weight excluding hydrogens is 462 g/mol. The fourth-order valence-corrected chi connectivity index (χ4v) is 6.17. The highest BCUT2D eigenvalue weighted by Gasteiger charge is 2.30. The van der Waals surface area contributed by atoms with E-state index in [0.29, 0.717) is 11.0 Å². The van der Waals surface area contributed by atoms with Crippen molar-refractivity contribution in [3.63, 3.8) is 0 Å². The lowest BCUT2D eigenvalue weighted by atomic mass is 9.68. The minimum absolute atomic E-state index is 0.203. The molecular formula is C34H50F2O. The molecule has 0 radical (unpaired) electrons. The fraction of sp³-hybridized carbons (Fsp3) is 0.647. The number of aryl methyl sites for hydroxylation is 1. The van der Waals surface area contributed by atoms with Gasteiger partial charge in [-0.1, -0.05) is 95.9 Å². The van der Waals surface area contributed by atoms with E-state index in [1.54, 1.807) is 0 Å². The maximum absolute atomic E-state index is 14.8. The van der Waals surface area contributed by atoms with Gasteiger partial charge in [-0.2, -0.15) is 0 Å². The average molecular weight is 513 g/mol. The monoisotopic (exact) mass is 512 g/mol. The summed E-state index contributed by atoms with van der Waals surface area (Å²) in [4.78, 5) is 0. The van der Waals surface area contributed by atoms with E-state index in [9.17, 15) is 8.78 Å². The molecule has 0 amide bonds. The van der Waals surface area contributed by atoms with Crippen LogP contribution in [0.1, 0.15) is 129 Å². The normalized spacial score (nSPS) is 16.0. The molecule has 2 aromatic rings. The van der Waals surface area contributed by atoms with E-state index in [4.69, 9.17) is 4.74 Å². The molecule has 1 saturated carbocycles. The van der Waals surface area contributed by atoms with Crippen molar-refractivity contribution in [2.75, 3.05) is 0 Å². The van der Waals surface area contributed by atoms with Crippen molar-refractivity contribution in [1.82, 2.24) is 0 Å². The van der Waals surface area contributed by atoms with Crippen LogP contribution in [0.5, 0.6) is 5.75 Å². The van der Waals surface area contributed by atoms with Crippen molar-refractivity contribution in [2.45, 2.75) is 136 Å². The predicted octanol–water partition coefficient (Wildman–Crippen LogP) is 11.2. The highest BCUT2D eigenvalue weighted by atomic mass is 19.1. The van der Waals surface area contributed by atoms with Crippen LogP contribution < -0.4 is 4.74 Å². The Balaban J connectivity index is 1.55. The van der Waals surface area contributed by atoms with Gasteiger partial charge in [0.25, 0.3) is 0 Å². The molecule has 0 N–H and O–H groups in total. The Morgan fingerprint density at radius 1 is 0.757 bits per heavy atom. The number of ether oxygens (including phenoxy) is 1. The Bertz CT molecular complexity index is 891. The summed E-state index contributed by atoms with van der Waals surface area (Å²) in [5.41, 5.74) is 3.27. The third-order valence-electron chi connectivity index (χ3n) is 8.47. The number of hydrogen-bond acceptors (Lipinski definition) is 1. The maximum Gasteiger partial charge on any atom is 0.191 e. The SMILES string of the molecule is CCCCCCC(C)Oc1c(F)cc(-c2ccc(CCCC3(CCCCC)CCCCC3)cc2)cc1F. The zero-order chi connectivity index (χ0) is 26.5. The first-order chi connectivity index (χ1) is 18.0. The van der Waals surface area contributed by atoms with Gasteiger partial charge in [-0.25, -0.2) is 8.78 Å². The molecule has 1 atom stereocenters. The van der Waals surface area contributed by atoms with Gasteiger partial charge in [0, 0.05) is 0 Å². The third kappa shape index (κ3) is 9.41. The van der Waals surface area contributed by atoms with Crippen LogP contribution >= 0.6 is 0 Å². The first-order valence-corrected chi connectivity index (χ1v) is 15.2. The molecule has 0 spiro atoms. The number of benzene rings is 2. The Kier molecular flexibility index (Phi) is 12.4. The minimum atomic E-state index is -0.625. The van der Waals surface area contributed by atoms with Gasteiger partial charge >= 0.3 is 0 Å². The second-order valence-electron chi connectivity index (χ2n) is 11.6. The van der Waals surface area contributed by atoms with E-state index in [0.717, 1.165) is 31.2 Å². The molecule has 0 heterocycles. The van der Waals surface area contributed by atoms with E-state index in [2.05, 4.69) is 26.0 Å². The topological polar surface area (TPSA) is 9.23 Å². The lowest BCUT2D eigenvalue weighted by molar-refractivity contribution is 0.148. The maximum atomic E-state index is 14.8. The van der Waals surface area contributed by atoms with E-state index < -0.39 is 11.6 Å². The van der Waals surface area contributed by atoms with Crippen molar-refractivity contribution in [3.05, 3.63) is 53.6 Å². The largest absolute Gasteiger partial charge is 0.485 e. The minimum Gasteiger partial charge on any atom is -0.485 e. The second kappa shape index (κ2) is 15.5. The Morgan fingerprint density at radius 2 is 1.38 bits per heavy atom. The van der Waals surface area contributed by atoms with Gasteiger partial charge in [0.2, 0.25) is 0 Å². The molecule has 2 aromatic carbocycles. The van der Waals surface area contributed by atoms with E-state index in [1.807, 2.05) is 19.1 Å². The fourth-order valence-electron chi connectivity index (χ4n) is 6.17. The van der Waals surface area contributed by atoms with Crippen LogP contribution in [-0.2, 0) is 6.42 Å². The standard InChI is InChI=1S/C34H50F2O/c1-4-6-8-10-15-27(3)37-33-31(35)25-30(26-32(33)36)29-19-17-28(18-20-29)16-14-24-34(21-11-7-5-2)22-12-9-13-23-34/h17-20,25-27H,4-16,21-24H2,1-3H3. The molecule has 1 unspecified atom stereocenters. The van der Waals surface area contributed by atoms with Crippen molar-refractivity contribution < 1.29 is 13.5 Å². The lowest BCUT2D eigenvalue weighted by Crippen LogP contribution is -2.24. The average Bonchev–Trinajstić information content (AvgIpc) is 2.90. The number of halogens is 2. The quantitative estimate of drug-likeness (QED) is 0.203. The highest BCUT2D eigenvalue weighted by molar-refractivity contribution is 5.65. The summed E-state index contributed by atoms with van der Waals surface area (Å²) in [6.07, 6.45) is 21.2. The molecule has 1 nitrogen and oxygen atoms in total. The van der Waals surface area contributed by atoms with Crippen LogP contribution in [0.25, 0.3) is 11.1 Å². The van der Waals surface area contributed by atoms with Gasteiger partial charge in [-0.05, 0) is 92.5 Å². The highest BCUT2D eigenvalue weighted by Crippen LogP contribution is 2.44. The summed E-state index contributed by atoms with van der Waals surface area (Å²) in [6, 6.07) is 11.0. The molecule has 0 bridgehead atoms. The van der Waals surface area contributed by atoms with Gasteiger partial charge in [-0.3, -0.25) is 0 Å². The first kappa shape index (κ1) is 29.7. The molecule has 0 saturated heterocycles. The summed E-state index contributed by atoms with van der Waals surface area (Å²) in [7, 11) is 0. The molecule has 1 aliphatic rings. The van der Waals surface area contributed by atoms with Crippen molar-refractivity contribution in [3.8, 4) is 16.9 Å². The second-order valence-corrected chi connectivity index (χ2v) is 11.6. The molecule has 0 aliphatic heterocycles. The number of hydrogen-bond donors (Lipinski definition) is 0. The van der Waals surface area contributed by atoms with Crippen molar-refractivity contribution >= 4 is 0 Å². The number of rotatable bonds is 16. The molecule has 3 heteroatoms. The summed E-state index contributed by atoms with van der Waals surface area (Å²) < 4.78 is 35.3. The Hall–Kier alpha value is -1.90. The molecule has 1 aliphatic carbocycles. The van der Waals surface area contributed by atoms with E-state index in [-0.39, 0.29) is 11.9 Å². The molecule has 1 fully saturated rings. The van der Waals surface area contributed by atoms with Crippen molar-refractivity contribution in [2.24, 2.45) is 5.41 Å². The molecule has 3 rings (SSSR count). The van der Waals surface area contributed by atoms with Crippen LogP contribution in [-0.4, -0.2) is 6.10 Å². The van der Waals surface area contributed by atoms with Gasteiger partial charge in [-0.15, -0.1) is 0 Å². The van der Waals surface area contributed by atoms with Gasteiger partial charge in [0.15, 0.2) is 17.4 Å². The Labute approximate surface area is 225 Å². The van der Waals surface area contributed by atoms with Crippen LogP contribution in [0.3, 0.4) is 0 Å².